The standard InChI is InChI=1S/C21H29NO2/c1-22(2)16-13-11-15(12-14-16)21(17-7-3-5-9-19(17)23)18-8-4-6-10-20(18)24/h11-14,17-18,21H,3-10H2,1-2H3. The van der Waals surface area contributed by atoms with Gasteiger partial charge >= 0.3 is 0 Å². The maximum atomic E-state index is 12.6. The Kier molecular flexibility index (Phi) is 5.37. The lowest BCUT2D eigenvalue weighted by Crippen LogP contribution is -2.35. The molecule has 0 bridgehead atoms. The average molecular weight is 327 g/mol. The summed E-state index contributed by atoms with van der Waals surface area (Å²) in [5, 5.41) is 0. The lowest BCUT2D eigenvalue weighted by molar-refractivity contribution is -0.129. The Labute approximate surface area is 145 Å². The van der Waals surface area contributed by atoms with E-state index in [2.05, 4.69) is 29.2 Å². The second kappa shape index (κ2) is 7.50. The first kappa shape index (κ1) is 17.2. The highest BCUT2D eigenvalue weighted by Crippen LogP contribution is 2.43. The molecule has 2 atom stereocenters. The number of hydrogen-bond acceptors (Lipinski definition) is 3. The second-order valence-corrected chi connectivity index (χ2v) is 7.65. The summed E-state index contributed by atoms with van der Waals surface area (Å²) in [5.74, 6) is 0.913. The van der Waals surface area contributed by atoms with E-state index in [0.29, 0.717) is 24.4 Å². The van der Waals surface area contributed by atoms with E-state index in [0.717, 1.165) is 44.2 Å². The Morgan fingerprint density at radius 3 is 1.75 bits per heavy atom. The van der Waals surface area contributed by atoms with Gasteiger partial charge in [0.15, 0.2) is 0 Å². The van der Waals surface area contributed by atoms with E-state index in [9.17, 15) is 9.59 Å². The zero-order valence-electron chi connectivity index (χ0n) is 15.0. The molecule has 3 rings (SSSR count). The van der Waals surface area contributed by atoms with Crippen LogP contribution in [0.1, 0.15) is 62.8 Å². The van der Waals surface area contributed by atoms with E-state index in [1.54, 1.807) is 0 Å². The van der Waals surface area contributed by atoms with Gasteiger partial charge in [0.05, 0.1) is 0 Å². The zero-order valence-corrected chi connectivity index (χ0v) is 15.0. The highest BCUT2D eigenvalue weighted by Gasteiger charge is 2.40. The molecule has 130 valence electrons. The molecule has 0 N–H and O–H groups in total. The lowest BCUT2D eigenvalue weighted by atomic mass is 9.66. The second-order valence-electron chi connectivity index (χ2n) is 7.65. The van der Waals surface area contributed by atoms with Crippen molar-refractivity contribution in [3.63, 3.8) is 0 Å². The average Bonchev–Trinajstić information content (AvgIpc) is 2.59. The number of Topliss-reactive ketones (excluding diaryl/α,β-unsaturated/α-hetero) is 2. The van der Waals surface area contributed by atoms with Crippen molar-refractivity contribution in [1.29, 1.82) is 0 Å². The molecule has 0 aromatic heterocycles. The third-order valence-electron chi connectivity index (χ3n) is 5.87. The number of hydrogen-bond donors (Lipinski definition) is 0. The van der Waals surface area contributed by atoms with Crippen molar-refractivity contribution in [2.24, 2.45) is 11.8 Å². The van der Waals surface area contributed by atoms with Crippen LogP contribution in [0.4, 0.5) is 5.69 Å². The summed E-state index contributed by atoms with van der Waals surface area (Å²) in [5.41, 5.74) is 2.34. The predicted octanol–water partition coefficient (Wildman–Crippen LogP) is 4.35. The van der Waals surface area contributed by atoms with E-state index >= 15 is 0 Å². The topological polar surface area (TPSA) is 37.4 Å². The fourth-order valence-corrected chi connectivity index (χ4v) is 4.52. The molecule has 2 aliphatic rings. The van der Waals surface area contributed by atoms with Crippen LogP contribution in [0.25, 0.3) is 0 Å². The maximum absolute atomic E-state index is 12.6. The Balaban J connectivity index is 1.94. The number of nitrogens with zero attached hydrogens (tertiary/aromatic N) is 1. The van der Waals surface area contributed by atoms with E-state index in [1.165, 1.54) is 5.56 Å². The van der Waals surface area contributed by atoms with Crippen molar-refractivity contribution in [1.82, 2.24) is 0 Å². The molecule has 1 aromatic rings. The van der Waals surface area contributed by atoms with Crippen LogP contribution in [-0.2, 0) is 9.59 Å². The van der Waals surface area contributed by atoms with Crippen LogP contribution in [0, 0.1) is 11.8 Å². The summed E-state index contributed by atoms with van der Waals surface area (Å²) >= 11 is 0. The Morgan fingerprint density at radius 1 is 0.833 bits per heavy atom. The van der Waals surface area contributed by atoms with Crippen molar-refractivity contribution in [3.05, 3.63) is 29.8 Å². The van der Waals surface area contributed by atoms with Crippen molar-refractivity contribution < 1.29 is 9.59 Å². The van der Waals surface area contributed by atoms with E-state index < -0.39 is 0 Å². The molecule has 0 aliphatic heterocycles. The molecule has 0 radical (unpaired) electrons. The molecule has 2 aliphatic carbocycles. The fraction of sp³-hybridized carbons (Fsp3) is 0.619. The van der Waals surface area contributed by atoms with E-state index in [4.69, 9.17) is 0 Å². The summed E-state index contributed by atoms with van der Waals surface area (Å²) in [7, 11) is 4.06. The van der Waals surface area contributed by atoms with Crippen molar-refractivity contribution in [2.45, 2.75) is 57.3 Å². The first-order chi connectivity index (χ1) is 11.6. The highest BCUT2D eigenvalue weighted by molar-refractivity contribution is 5.86. The molecule has 3 heteroatoms. The molecule has 2 unspecified atom stereocenters. The SMILES string of the molecule is CN(C)c1ccc(C(C2CCCCC2=O)C2CCCCC2=O)cc1. The van der Waals surface area contributed by atoms with Gasteiger partial charge in [-0.3, -0.25) is 9.59 Å². The molecule has 0 heterocycles. The minimum atomic E-state index is 0.0380. The van der Waals surface area contributed by atoms with Gasteiger partial charge in [-0.1, -0.05) is 25.0 Å². The van der Waals surface area contributed by atoms with Crippen LogP contribution in [0.5, 0.6) is 0 Å². The van der Waals surface area contributed by atoms with Crippen molar-refractivity contribution in [3.8, 4) is 0 Å². The first-order valence-corrected chi connectivity index (χ1v) is 9.40. The van der Waals surface area contributed by atoms with Gasteiger partial charge in [-0.2, -0.15) is 0 Å². The van der Waals surface area contributed by atoms with Crippen LogP contribution in [0.15, 0.2) is 24.3 Å². The minimum absolute atomic E-state index is 0.0380. The van der Waals surface area contributed by atoms with Crippen LogP contribution >= 0.6 is 0 Å². The number of carbonyl (C=O) groups excluding carboxylic acids is 2. The monoisotopic (exact) mass is 327 g/mol. The Hall–Kier alpha value is -1.64. The van der Waals surface area contributed by atoms with Crippen LogP contribution in [0.2, 0.25) is 0 Å². The summed E-state index contributed by atoms with van der Waals surface area (Å²) in [6.07, 6.45) is 7.54. The molecule has 3 nitrogen and oxygen atoms in total. The fourth-order valence-electron chi connectivity index (χ4n) is 4.52. The summed E-state index contributed by atoms with van der Waals surface area (Å²) in [4.78, 5) is 27.3. The van der Waals surface area contributed by atoms with Gasteiger partial charge in [0.1, 0.15) is 11.6 Å². The third-order valence-corrected chi connectivity index (χ3v) is 5.87. The molecule has 0 amide bonds. The molecule has 0 spiro atoms. The minimum Gasteiger partial charge on any atom is -0.378 e. The van der Waals surface area contributed by atoms with Crippen LogP contribution < -0.4 is 4.90 Å². The third kappa shape index (κ3) is 3.55. The summed E-state index contributed by atoms with van der Waals surface area (Å²) in [6.45, 7) is 0. The molecule has 2 fully saturated rings. The Morgan fingerprint density at radius 2 is 1.33 bits per heavy atom. The summed E-state index contributed by atoms with van der Waals surface area (Å²) < 4.78 is 0. The number of benzene rings is 1. The molecule has 24 heavy (non-hydrogen) atoms. The van der Waals surface area contributed by atoms with Gasteiger partial charge in [-0.05, 0) is 43.4 Å². The molecule has 0 saturated heterocycles. The molecular formula is C21H29NO2. The summed E-state index contributed by atoms with van der Waals surface area (Å²) in [6, 6.07) is 8.51. The largest absolute Gasteiger partial charge is 0.378 e. The highest BCUT2D eigenvalue weighted by atomic mass is 16.1. The van der Waals surface area contributed by atoms with Crippen LogP contribution in [-0.4, -0.2) is 25.7 Å². The van der Waals surface area contributed by atoms with Crippen molar-refractivity contribution >= 4 is 17.3 Å². The predicted molar refractivity (Wildman–Crippen MR) is 97.4 cm³/mol. The van der Waals surface area contributed by atoms with Gasteiger partial charge in [0.25, 0.3) is 0 Å². The maximum Gasteiger partial charge on any atom is 0.136 e. The zero-order chi connectivity index (χ0) is 17.1. The smallest absolute Gasteiger partial charge is 0.136 e. The quantitative estimate of drug-likeness (QED) is 0.825. The van der Waals surface area contributed by atoms with Gasteiger partial charge in [0, 0.05) is 50.4 Å². The Bertz CT molecular complexity index is 562. The number of anilines is 1. The van der Waals surface area contributed by atoms with Gasteiger partial charge in [-0.15, -0.1) is 0 Å². The van der Waals surface area contributed by atoms with Gasteiger partial charge in [0.2, 0.25) is 0 Å². The van der Waals surface area contributed by atoms with Gasteiger partial charge < -0.3 is 4.90 Å². The van der Waals surface area contributed by atoms with E-state index in [1.807, 2.05) is 14.1 Å². The first-order valence-electron chi connectivity index (χ1n) is 9.40. The van der Waals surface area contributed by atoms with Gasteiger partial charge in [-0.25, -0.2) is 0 Å². The van der Waals surface area contributed by atoms with Crippen LogP contribution in [0.3, 0.4) is 0 Å². The normalized spacial score (nSPS) is 26.2. The molecule has 2 saturated carbocycles. The van der Waals surface area contributed by atoms with Crippen molar-refractivity contribution in [2.75, 3.05) is 19.0 Å². The molecule has 1 aromatic carbocycles. The number of carbonyl (C=O) groups is 2. The number of rotatable bonds is 4. The number of ketones is 2. The lowest BCUT2D eigenvalue weighted by Gasteiger charge is -2.36. The molecular weight excluding hydrogens is 298 g/mol. The van der Waals surface area contributed by atoms with E-state index in [-0.39, 0.29) is 17.8 Å².